The smallest absolute Gasteiger partial charge is 0.303 e. The molecule has 68 heavy (non-hydrogen) atoms. The molecule has 4 heterocycles. The minimum atomic E-state index is -1.68. The summed E-state index contributed by atoms with van der Waals surface area (Å²) in [6.45, 7) is 16.5. The van der Waals surface area contributed by atoms with Crippen LogP contribution in [0.4, 0.5) is 0 Å². The van der Waals surface area contributed by atoms with Crippen molar-refractivity contribution in [2.24, 2.45) is 44.8 Å². The Morgan fingerprint density at radius 3 is 2.04 bits per heavy atom. The zero-order chi connectivity index (χ0) is 49.6. The van der Waals surface area contributed by atoms with Crippen LogP contribution in [-0.2, 0) is 42.7 Å². The highest BCUT2D eigenvalue weighted by atomic mass is 16.8. The van der Waals surface area contributed by atoms with E-state index in [4.69, 9.17) is 37.9 Å². The zero-order valence-corrected chi connectivity index (χ0v) is 41.0. The van der Waals surface area contributed by atoms with Crippen LogP contribution in [0.3, 0.4) is 0 Å². The number of aliphatic hydroxyl groups excluding tert-OH is 10. The van der Waals surface area contributed by atoms with Crippen LogP contribution in [0.1, 0.15) is 120 Å². The molecule has 10 N–H and O–H groups in total. The first-order valence-corrected chi connectivity index (χ1v) is 25.1. The molecular formula is C49H80O19. The largest absolute Gasteiger partial charge is 0.457 e. The quantitative estimate of drug-likeness (QED) is 0.103. The van der Waals surface area contributed by atoms with Gasteiger partial charge in [-0.25, -0.2) is 0 Å². The Hall–Kier alpha value is -1.21. The van der Waals surface area contributed by atoms with Gasteiger partial charge in [0, 0.05) is 12.8 Å². The molecule has 4 saturated heterocycles. The second-order valence-electron chi connectivity index (χ2n) is 24.4. The lowest BCUT2D eigenvalue weighted by Gasteiger charge is -2.64. The van der Waals surface area contributed by atoms with Gasteiger partial charge in [-0.15, -0.1) is 0 Å². The normalized spacial score (nSPS) is 56.5. The molecule has 0 bridgehead atoms. The highest BCUT2D eigenvalue weighted by Crippen LogP contribution is 2.89. The molecule has 9 aliphatic rings. The zero-order valence-electron chi connectivity index (χ0n) is 41.0. The summed E-state index contributed by atoms with van der Waals surface area (Å²) in [5, 5.41) is 109. The predicted molar refractivity (Wildman–Crippen MR) is 235 cm³/mol. The molecule has 5 aliphatic carbocycles. The number of aliphatic hydroxyl groups is 10. The summed E-state index contributed by atoms with van der Waals surface area (Å²) in [4.78, 5) is 12.3. The maximum atomic E-state index is 12.6. The highest BCUT2D eigenvalue weighted by Gasteiger charge is 2.85. The molecule has 19 nitrogen and oxygen atoms in total. The minimum absolute atomic E-state index is 0.0721. The Morgan fingerprint density at radius 1 is 0.691 bits per heavy atom. The van der Waals surface area contributed by atoms with Crippen LogP contribution < -0.4 is 0 Å². The number of esters is 1. The van der Waals surface area contributed by atoms with Crippen molar-refractivity contribution in [2.75, 3.05) is 13.2 Å². The van der Waals surface area contributed by atoms with Gasteiger partial charge >= 0.3 is 5.97 Å². The van der Waals surface area contributed by atoms with Crippen LogP contribution in [0.2, 0.25) is 0 Å². The van der Waals surface area contributed by atoms with E-state index >= 15 is 0 Å². The number of ether oxygens (including phenoxy) is 8. The molecule has 19 heteroatoms. The van der Waals surface area contributed by atoms with E-state index in [0.29, 0.717) is 32.1 Å². The summed E-state index contributed by atoms with van der Waals surface area (Å²) < 4.78 is 49.5. The van der Waals surface area contributed by atoms with Gasteiger partial charge in [0.15, 0.2) is 31.1 Å². The number of hydrogen-bond acceptors (Lipinski definition) is 19. The lowest BCUT2D eigenvalue weighted by molar-refractivity contribution is -0.364. The molecule has 0 unspecified atom stereocenters. The van der Waals surface area contributed by atoms with E-state index in [-0.39, 0.29) is 46.0 Å². The van der Waals surface area contributed by atoms with E-state index < -0.39 is 140 Å². The Bertz CT molecular complexity index is 1870. The summed E-state index contributed by atoms with van der Waals surface area (Å²) in [5.41, 5.74) is -3.38. The number of fused-ring (bicyclic) bond motifs is 2. The molecule has 5 saturated carbocycles. The van der Waals surface area contributed by atoms with Gasteiger partial charge in [0.2, 0.25) is 0 Å². The van der Waals surface area contributed by atoms with Gasteiger partial charge in [-0.2, -0.15) is 0 Å². The fourth-order valence-electron chi connectivity index (χ4n) is 16.7. The first kappa shape index (κ1) is 51.7. The van der Waals surface area contributed by atoms with Crippen molar-refractivity contribution < 1.29 is 93.8 Å². The summed E-state index contributed by atoms with van der Waals surface area (Å²) in [6.07, 6.45) is -15.2. The number of rotatable bonds is 10. The third-order valence-corrected chi connectivity index (χ3v) is 20.1. The topological polar surface area (TPSA) is 293 Å². The maximum absolute atomic E-state index is 12.6. The lowest BCUT2D eigenvalue weighted by atomic mass is 9.41. The lowest BCUT2D eigenvalue weighted by Crippen LogP contribution is -2.64. The molecule has 0 aromatic rings. The monoisotopic (exact) mass is 973 g/mol. The van der Waals surface area contributed by atoms with Gasteiger partial charge in [0.05, 0.1) is 54.9 Å². The Labute approximate surface area is 398 Å². The molecule has 9 rings (SSSR count). The summed E-state index contributed by atoms with van der Waals surface area (Å²) in [7, 11) is 0. The SMILES string of the molecule is CC(=O)O[C@@H]1[C@@H](O[C@@H]2O[C@@H](C)[C@H](O)[C@@H](O)[C@H]2O)[C@H](O[C@H]2CC[C@]34C[C@]35CC[C@]3(C)[C@@H]([C@@]6(C)CC[C@@H](C(C)(C)O[C@@H]7O[C@H](CO)[C@@H](O)[C@H](O)[C@H]7O)O6)[C@@H](O)C[C@@]3(C)[C@@H]5C[C@H](O)[C@@H]4C2(C)C)OC[C@H]1O. The molecule has 2 spiro atoms. The van der Waals surface area contributed by atoms with Crippen molar-refractivity contribution in [1.29, 1.82) is 0 Å². The maximum Gasteiger partial charge on any atom is 0.303 e. The third-order valence-electron chi connectivity index (χ3n) is 20.1. The fourth-order valence-corrected chi connectivity index (χ4v) is 16.7. The molecular weight excluding hydrogens is 893 g/mol. The van der Waals surface area contributed by atoms with E-state index in [0.717, 1.165) is 25.7 Å². The average Bonchev–Trinajstić information content (AvgIpc) is 3.62. The van der Waals surface area contributed by atoms with E-state index in [1.54, 1.807) is 0 Å². The van der Waals surface area contributed by atoms with Crippen LogP contribution in [0.15, 0.2) is 0 Å². The van der Waals surface area contributed by atoms with Gasteiger partial charge in [0.25, 0.3) is 0 Å². The molecule has 4 aliphatic heterocycles. The number of hydrogen-bond donors (Lipinski definition) is 10. The van der Waals surface area contributed by atoms with Gasteiger partial charge < -0.3 is 89.0 Å². The van der Waals surface area contributed by atoms with Gasteiger partial charge in [-0.1, -0.05) is 27.7 Å². The van der Waals surface area contributed by atoms with Crippen LogP contribution >= 0.6 is 0 Å². The van der Waals surface area contributed by atoms with E-state index in [9.17, 15) is 55.9 Å². The number of carbonyl (C=O) groups excluding carboxylic acids is 1. The van der Waals surface area contributed by atoms with Crippen LogP contribution in [0, 0.1) is 44.8 Å². The minimum Gasteiger partial charge on any atom is -0.457 e. The van der Waals surface area contributed by atoms with Crippen molar-refractivity contribution in [3.8, 4) is 0 Å². The average molecular weight is 973 g/mol. The third kappa shape index (κ3) is 7.64. The Kier molecular flexibility index (Phi) is 13.3. The van der Waals surface area contributed by atoms with Crippen molar-refractivity contribution in [3.63, 3.8) is 0 Å². The second kappa shape index (κ2) is 17.5. The van der Waals surface area contributed by atoms with Crippen molar-refractivity contribution >= 4 is 5.97 Å². The van der Waals surface area contributed by atoms with Crippen LogP contribution in [0.5, 0.6) is 0 Å². The molecule has 390 valence electrons. The van der Waals surface area contributed by atoms with E-state index in [1.807, 2.05) is 13.8 Å². The van der Waals surface area contributed by atoms with Crippen molar-refractivity contribution in [1.82, 2.24) is 0 Å². The Balaban J connectivity index is 0.920. The first-order valence-electron chi connectivity index (χ1n) is 25.1. The number of carbonyl (C=O) groups is 1. The predicted octanol–water partition coefficient (Wildman–Crippen LogP) is 0.147. The van der Waals surface area contributed by atoms with E-state index in [2.05, 4.69) is 34.6 Å². The summed E-state index contributed by atoms with van der Waals surface area (Å²) >= 11 is 0. The fraction of sp³-hybridized carbons (Fsp3) is 0.980. The second-order valence-corrected chi connectivity index (χ2v) is 24.4. The van der Waals surface area contributed by atoms with Crippen molar-refractivity contribution in [3.05, 3.63) is 0 Å². The molecule has 26 atom stereocenters. The highest BCUT2D eigenvalue weighted by molar-refractivity contribution is 5.66. The molecule has 0 amide bonds. The standard InChI is InChI=1S/C49H80O19/c1-21-30(55)32(57)34(59)40(62-21)66-37-36(63-22(2)51)25(54)19-61-42(37)65-28-11-13-49-20-48(49)15-14-45(7)39(24(53)17-46(45,8)27(48)16-23(52)38(49)43(28,3)4)47(9)12-10-29(67-47)44(5,6)68-41-35(60)33(58)31(56)26(18-50)64-41/h21,23-42,50,52-60H,10-20H2,1-9H3/t21-,23-,24-,25+,26+,27-,28-,29-,30-,31+,32+,33-,34+,35+,36-,37+,38+,39-,40-,41-,42-,45+,46-,47+,48-,49+/m0/s1. The first-order chi connectivity index (χ1) is 31.6. The van der Waals surface area contributed by atoms with Crippen LogP contribution in [-0.4, -0.2) is 192 Å². The van der Waals surface area contributed by atoms with Crippen LogP contribution in [0.25, 0.3) is 0 Å². The van der Waals surface area contributed by atoms with Gasteiger partial charge in [0.1, 0.15) is 48.8 Å². The van der Waals surface area contributed by atoms with Crippen molar-refractivity contribution in [2.45, 2.75) is 242 Å². The molecule has 0 radical (unpaired) electrons. The molecule has 0 aromatic heterocycles. The summed E-state index contributed by atoms with van der Waals surface area (Å²) in [6, 6.07) is 0. The van der Waals surface area contributed by atoms with Gasteiger partial charge in [-0.3, -0.25) is 4.79 Å². The molecule has 0 aromatic carbocycles. The van der Waals surface area contributed by atoms with E-state index in [1.165, 1.54) is 13.8 Å². The summed E-state index contributed by atoms with van der Waals surface area (Å²) in [5.74, 6) is -0.982. The molecule has 9 fully saturated rings. The Morgan fingerprint density at radius 2 is 1.37 bits per heavy atom. The van der Waals surface area contributed by atoms with Gasteiger partial charge in [-0.05, 0) is 124 Å².